The van der Waals surface area contributed by atoms with Gasteiger partial charge in [-0.25, -0.2) is 4.98 Å². The molecule has 0 radical (unpaired) electrons. The highest BCUT2D eigenvalue weighted by atomic mass is 32.1. The summed E-state index contributed by atoms with van der Waals surface area (Å²) in [5.41, 5.74) is 6.97. The highest BCUT2D eigenvalue weighted by Gasteiger charge is 2.23. The molecule has 1 aromatic heterocycles. The van der Waals surface area contributed by atoms with Crippen molar-refractivity contribution in [2.45, 2.75) is 32.5 Å². The SMILES string of the molecule is Cc1csc(CN2CCOC(C(C)N)C2)n1. The number of aromatic nitrogens is 1. The number of aryl methyl sites for hydroxylation is 1. The van der Waals surface area contributed by atoms with Gasteiger partial charge in [-0.15, -0.1) is 11.3 Å². The predicted molar refractivity (Wildman–Crippen MR) is 65.5 cm³/mol. The lowest BCUT2D eigenvalue weighted by Gasteiger charge is -2.34. The third kappa shape index (κ3) is 3.01. The zero-order valence-electron chi connectivity index (χ0n) is 9.85. The zero-order chi connectivity index (χ0) is 11.5. The number of nitrogens with zero attached hydrogens (tertiary/aromatic N) is 2. The van der Waals surface area contributed by atoms with Crippen LogP contribution >= 0.6 is 11.3 Å². The van der Waals surface area contributed by atoms with E-state index in [-0.39, 0.29) is 12.1 Å². The molecule has 2 unspecified atom stereocenters. The Bertz CT molecular complexity index is 340. The highest BCUT2D eigenvalue weighted by Crippen LogP contribution is 2.15. The van der Waals surface area contributed by atoms with Crippen molar-refractivity contribution in [1.82, 2.24) is 9.88 Å². The van der Waals surface area contributed by atoms with Crippen LogP contribution in [0.2, 0.25) is 0 Å². The van der Waals surface area contributed by atoms with E-state index in [2.05, 4.69) is 15.3 Å². The molecule has 0 spiro atoms. The molecule has 1 saturated heterocycles. The summed E-state index contributed by atoms with van der Waals surface area (Å²) in [5.74, 6) is 0. The number of nitrogens with two attached hydrogens (primary N) is 1. The van der Waals surface area contributed by atoms with Crippen molar-refractivity contribution < 1.29 is 4.74 Å². The summed E-state index contributed by atoms with van der Waals surface area (Å²) in [6, 6.07) is 0.0980. The number of thiazole rings is 1. The van der Waals surface area contributed by atoms with Gasteiger partial charge in [0.25, 0.3) is 0 Å². The van der Waals surface area contributed by atoms with Crippen molar-refractivity contribution in [2.24, 2.45) is 5.73 Å². The van der Waals surface area contributed by atoms with Crippen LogP contribution < -0.4 is 5.73 Å². The summed E-state index contributed by atoms with van der Waals surface area (Å²) < 4.78 is 5.63. The minimum atomic E-state index is 0.0980. The molecule has 0 amide bonds. The van der Waals surface area contributed by atoms with E-state index >= 15 is 0 Å². The summed E-state index contributed by atoms with van der Waals surface area (Å²) in [5, 5.41) is 3.28. The van der Waals surface area contributed by atoms with Crippen LogP contribution in [0.1, 0.15) is 17.6 Å². The second-order valence-corrected chi connectivity index (χ2v) is 5.33. The normalized spacial score (nSPS) is 24.6. The molecule has 2 heterocycles. The Morgan fingerprint density at radius 3 is 3.19 bits per heavy atom. The van der Waals surface area contributed by atoms with Crippen molar-refractivity contribution in [2.75, 3.05) is 19.7 Å². The van der Waals surface area contributed by atoms with Crippen molar-refractivity contribution in [1.29, 1.82) is 0 Å². The number of hydrogen-bond acceptors (Lipinski definition) is 5. The first-order valence-corrected chi connectivity index (χ1v) is 6.53. The Kier molecular flexibility index (Phi) is 3.91. The van der Waals surface area contributed by atoms with Crippen molar-refractivity contribution in [3.05, 3.63) is 16.1 Å². The topological polar surface area (TPSA) is 51.4 Å². The van der Waals surface area contributed by atoms with Crippen molar-refractivity contribution in [3.63, 3.8) is 0 Å². The van der Waals surface area contributed by atoms with Gasteiger partial charge in [-0.05, 0) is 13.8 Å². The molecule has 0 aromatic carbocycles. The minimum absolute atomic E-state index is 0.0980. The Balaban J connectivity index is 1.90. The van der Waals surface area contributed by atoms with Gasteiger partial charge >= 0.3 is 0 Å². The maximum atomic E-state index is 5.86. The van der Waals surface area contributed by atoms with Gasteiger partial charge in [0, 0.05) is 30.2 Å². The average Bonchev–Trinajstić information content (AvgIpc) is 2.64. The molecule has 16 heavy (non-hydrogen) atoms. The molecule has 90 valence electrons. The molecule has 1 fully saturated rings. The molecule has 4 nitrogen and oxygen atoms in total. The lowest BCUT2D eigenvalue weighted by molar-refractivity contribution is -0.0403. The van der Waals surface area contributed by atoms with Gasteiger partial charge in [0.1, 0.15) is 5.01 Å². The lowest BCUT2D eigenvalue weighted by atomic mass is 10.1. The summed E-state index contributed by atoms with van der Waals surface area (Å²) in [6.07, 6.45) is 0.162. The van der Waals surface area contributed by atoms with E-state index in [1.54, 1.807) is 11.3 Å². The van der Waals surface area contributed by atoms with Crippen molar-refractivity contribution >= 4 is 11.3 Å². The molecular formula is C11H19N3OS. The summed E-state index contributed by atoms with van der Waals surface area (Å²) in [6.45, 7) is 7.62. The first kappa shape index (κ1) is 12.0. The zero-order valence-corrected chi connectivity index (χ0v) is 10.7. The third-order valence-electron chi connectivity index (χ3n) is 2.79. The molecule has 1 aromatic rings. The van der Waals surface area contributed by atoms with Gasteiger partial charge < -0.3 is 10.5 Å². The lowest BCUT2D eigenvalue weighted by Crippen LogP contribution is -2.49. The fourth-order valence-electron chi connectivity index (χ4n) is 1.86. The van der Waals surface area contributed by atoms with E-state index in [1.807, 2.05) is 13.8 Å². The van der Waals surface area contributed by atoms with E-state index in [4.69, 9.17) is 10.5 Å². The number of morpholine rings is 1. The van der Waals surface area contributed by atoms with Crippen LogP contribution in [-0.4, -0.2) is 41.7 Å². The van der Waals surface area contributed by atoms with Gasteiger partial charge in [0.05, 0.1) is 19.3 Å². The minimum Gasteiger partial charge on any atom is -0.374 e. The average molecular weight is 241 g/mol. The highest BCUT2D eigenvalue weighted by molar-refractivity contribution is 7.09. The van der Waals surface area contributed by atoms with Crippen LogP contribution in [0.15, 0.2) is 5.38 Å². The Labute approximate surface area is 100 Å². The van der Waals surface area contributed by atoms with Gasteiger partial charge in [-0.2, -0.15) is 0 Å². The molecule has 2 rings (SSSR count). The largest absolute Gasteiger partial charge is 0.374 e. The van der Waals surface area contributed by atoms with Crippen LogP contribution in [-0.2, 0) is 11.3 Å². The molecule has 2 N–H and O–H groups in total. The van der Waals surface area contributed by atoms with Crippen LogP contribution in [0.3, 0.4) is 0 Å². The number of hydrogen-bond donors (Lipinski definition) is 1. The Morgan fingerprint density at radius 2 is 2.56 bits per heavy atom. The monoisotopic (exact) mass is 241 g/mol. The molecule has 2 atom stereocenters. The van der Waals surface area contributed by atoms with E-state index < -0.39 is 0 Å². The smallest absolute Gasteiger partial charge is 0.107 e. The van der Waals surface area contributed by atoms with Gasteiger partial charge in [-0.1, -0.05) is 0 Å². The predicted octanol–water partition coefficient (Wildman–Crippen LogP) is 1.000. The number of rotatable bonds is 3. The van der Waals surface area contributed by atoms with Gasteiger partial charge in [0.15, 0.2) is 0 Å². The maximum Gasteiger partial charge on any atom is 0.107 e. The van der Waals surface area contributed by atoms with E-state index in [0.717, 1.165) is 31.9 Å². The second-order valence-electron chi connectivity index (χ2n) is 4.39. The fourth-order valence-corrected chi connectivity index (χ4v) is 2.67. The molecule has 5 heteroatoms. The Morgan fingerprint density at radius 1 is 1.75 bits per heavy atom. The molecular weight excluding hydrogens is 222 g/mol. The standard InChI is InChI=1S/C11H19N3OS/c1-8-7-16-11(13-8)6-14-3-4-15-10(5-14)9(2)12/h7,9-10H,3-6,12H2,1-2H3. The maximum absolute atomic E-state index is 5.86. The van der Waals surface area contributed by atoms with E-state index in [9.17, 15) is 0 Å². The molecule has 1 aliphatic heterocycles. The molecule has 0 aliphatic carbocycles. The summed E-state index contributed by atoms with van der Waals surface area (Å²) in [4.78, 5) is 6.85. The van der Waals surface area contributed by atoms with Crippen LogP contribution in [0.5, 0.6) is 0 Å². The quantitative estimate of drug-likeness (QED) is 0.858. The first-order valence-electron chi connectivity index (χ1n) is 5.65. The summed E-state index contributed by atoms with van der Waals surface area (Å²) >= 11 is 1.73. The first-order chi connectivity index (χ1) is 7.65. The van der Waals surface area contributed by atoms with E-state index in [1.165, 1.54) is 5.01 Å². The number of ether oxygens (including phenoxy) is 1. The fraction of sp³-hybridized carbons (Fsp3) is 0.727. The molecule has 0 bridgehead atoms. The second kappa shape index (κ2) is 5.23. The molecule has 0 saturated carbocycles. The van der Waals surface area contributed by atoms with Gasteiger partial charge in [0.2, 0.25) is 0 Å². The van der Waals surface area contributed by atoms with Gasteiger partial charge in [-0.3, -0.25) is 4.90 Å². The van der Waals surface area contributed by atoms with Crippen LogP contribution in [0.4, 0.5) is 0 Å². The third-order valence-corrected chi connectivity index (χ3v) is 3.74. The van der Waals surface area contributed by atoms with Crippen LogP contribution in [0.25, 0.3) is 0 Å². The molecule has 1 aliphatic rings. The van der Waals surface area contributed by atoms with Crippen molar-refractivity contribution in [3.8, 4) is 0 Å². The summed E-state index contributed by atoms with van der Waals surface area (Å²) in [7, 11) is 0. The Hall–Kier alpha value is -0.490. The van der Waals surface area contributed by atoms with E-state index in [0.29, 0.717) is 0 Å². The van der Waals surface area contributed by atoms with Crippen LogP contribution in [0, 0.1) is 6.92 Å².